The van der Waals surface area contributed by atoms with Crippen molar-refractivity contribution in [2.75, 3.05) is 13.2 Å². The molecule has 7 heteroatoms. The van der Waals surface area contributed by atoms with Crippen molar-refractivity contribution in [3.05, 3.63) is 29.8 Å². The molecule has 0 amide bonds. The van der Waals surface area contributed by atoms with Crippen LogP contribution in [0.5, 0.6) is 5.75 Å². The van der Waals surface area contributed by atoms with Gasteiger partial charge in [-0.2, -0.15) is 13.2 Å². The number of para-hydroxylation sites is 1. The highest BCUT2D eigenvalue weighted by molar-refractivity contribution is 5.71. The molecule has 0 aromatic heterocycles. The van der Waals surface area contributed by atoms with Crippen LogP contribution in [-0.2, 0) is 11.0 Å². The van der Waals surface area contributed by atoms with Crippen LogP contribution >= 0.6 is 0 Å². The highest BCUT2D eigenvalue weighted by Crippen LogP contribution is 2.41. The zero-order chi connectivity index (χ0) is 18.0. The van der Waals surface area contributed by atoms with Crippen molar-refractivity contribution in [3.8, 4) is 5.75 Å². The van der Waals surface area contributed by atoms with E-state index in [0.29, 0.717) is 12.5 Å². The molecular weight excluding hydrogens is 335 g/mol. The van der Waals surface area contributed by atoms with E-state index in [1.807, 2.05) is 0 Å². The Morgan fingerprint density at radius 3 is 2.68 bits per heavy atom. The third-order valence-corrected chi connectivity index (χ3v) is 5.26. The van der Waals surface area contributed by atoms with Gasteiger partial charge in [-0.25, -0.2) is 0 Å². The molecule has 4 nitrogen and oxygen atoms in total. The molecule has 2 fully saturated rings. The number of hydrogen-bond acceptors (Lipinski definition) is 3. The van der Waals surface area contributed by atoms with Crippen molar-refractivity contribution in [3.63, 3.8) is 0 Å². The molecule has 138 valence electrons. The first-order valence-corrected chi connectivity index (χ1v) is 8.65. The van der Waals surface area contributed by atoms with Crippen molar-refractivity contribution < 1.29 is 27.8 Å². The van der Waals surface area contributed by atoms with E-state index >= 15 is 0 Å². The number of rotatable bonds is 7. The van der Waals surface area contributed by atoms with Crippen molar-refractivity contribution in [2.45, 2.75) is 50.4 Å². The summed E-state index contributed by atoms with van der Waals surface area (Å²) in [6.07, 6.45) is -0.305. The Hall–Kier alpha value is -1.76. The van der Waals surface area contributed by atoms with Gasteiger partial charge in [-0.05, 0) is 50.8 Å². The van der Waals surface area contributed by atoms with Crippen LogP contribution in [0.25, 0.3) is 0 Å². The molecule has 1 N–H and O–H groups in total. The van der Waals surface area contributed by atoms with E-state index in [9.17, 15) is 23.1 Å². The number of aliphatic carboxylic acids is 1. The van der Waals surface area contributed by atoms with E-state index in [-0.39, 0.29) is 24.3 Å². The number of nitrogens with zero attached hydrogens (tertiary/aromatic N) is 1. The Kier molecular flexibility index (Phi) is 5.22. The van der Waals surface area contributed by atoms with E-state index in [2.05, 4.69) is 4.90 Å². The summed E-state index contributed by atoms with van der Waals surface area (Å²) in [5, 5.41) is 9.24. The van der Waals surface area contributed by atoms with Crippen LogP contribution in [0.15, 0.2) is 24.3 Å². The normalized spacial score (nSPS) is 26.1. The van der Waals surface area contributed by atoms with Gasteiger partial charge in [-0.3, -0.25) is 9.69 Å². The maximum Gasteiger partial charge on any atom is 0.419 e. The van der Waals surface area contributed by atoms with Crippen molar-refractivity contribution >= 4 is 5.97 Å². The molecule has 2 bridgehead atoms. The minimum atomic E-state index is -4.42. The molecular formula is C18H22F3NO3. The lowest BCUT2D eigenvalue weighted by atomic mass is 9.89. The molecule has 3 rings (SSSR count). The van der Waals surface area contributed by atoms with Crippen LogP contribution in [0.3, 0.4) is 0 Å². The topological polar surface area (TPSA) is 49.8 Å². The Bertz CT molecular complexity index is 620. The van der Waals surface area contributed by atoms with Gasteiger partial charge in [0.2, 0.25) is 0 Å². The highest BCUT2D eigenvalue weighted by Gasteiger charge is 2.48. The smallest absolute Gasteiger partial charge is 0.419 e. The van der Waals surface area contributed by atoms with Gasteiger partial charge in [0.1, 0.15) is 5.75 Å². The SMILES string of the molecule is O=C(O)C1CC2CCC1N2CCCCOc1ccccc1C(F)(F)F. The van der Waals surface area contributed by atoms with E-state index in [1.54, 1.807) is 0 Å². The number of carboxylic acid groups (broad SMARTS) is 1. The number of carbonyl (C=O) groups is 1. The fourth-order valence-corrected chi connectivity index (χ4v) is 4.12. The van der Waals surface area contributed by atoms with Gasteiger partial charge in [0.05, 0.1) is 18.1 Å². The number of fused-ring (bicyclic) bond motifs is 2. The summed E-state index contributed by atoms with van der Waals surface area (Å²) in [5.74, 6) is -1.12. The molecule has 3 atom stereocenters. The molecule has 0 aliphatic carbocycles. The number of alkyl halides is 3. The summed E-state index contributed by atoms with van der Waals surface area (Å²) in [7, 11) is 0. The third kappa shape index (κ3) is 3.92. The largest absolute Gasteiger partial charge is 0.493 e. The van der Waals surface area contributed by atoms with Gasteiger partial charge in [0.25, 0.3) is 0 Å². The molecule has 1 aromatic carbocycles. The fourth-order valence-electron chi connectivity index (χ4n) is 4.12. The summed E-state index contributed by atoms with van der Waals surface area (Å²) in [6.45, 7) is 1.00. The molecule has 3 unspecified atom stereocenters. The molecule has 2 aliphatic heterocycles. The monoisotopic (exact) mass is 357 g/mol. The molecule has 0 saturated carbocycles. The molecule has 2 aliphatic rings. The number of carboxylic acids is 1. The average Bonchev–Trinajstić information content (AvgIpc) is 3.11. The van der Waals surface area contributed by atoms with Crippen LogP contribution in [0.2, 0.25) is 0 Å². The number of ether oxygens (including phenoxy) is 1. The van der Waals surface area contributed by atoms with Crippen molar-refractivity contribution in [1.29, 1.82) is 0 Å². The maximum absolute atomic E-state index is 12.9. The van der Waals surface area contributed by atoms with E-state index in [4.69, 9.17) is 4.74 Å². The quantitative estimate of drug-likeness (QED) is 0.754. The number of unbranched alkanes of at least 4 members (excludes halogenated alkanes) is 1. The van der Waals surface area contributed by atoms with Crippen LogP contribution in [-0.4, -0.2) is 41.2 Å². The van der Waals surface area contributed by atoms with Gasteiger partial charge in [0.15, 0.2) is 0 Å². The Balaban J connectivity index is 1.44. The van der Waals surface area contributed by atoms with Crippen LogP contribution in [0, 0.1) is 5.92 Å². The zero-order valence-corrected chi connectivity index (χ0v) is 13.8. The lowest BCUT2D eigenvalue weighted by molar-refractivity contribution is -0.142. The number of benzene rings is 1. The first-order valence-electron chi connectivity index (χ1n) is 8.65. The maximum atomic E-state index is 12.9. The summed E-state index contributed by atoms with van der Waals surface area (Å²) in [4.78, 5) is 13.5. The van der Waals surface area contributed by atoms with Crippen LogP contribution in [0.4, 0.5) is 13.2 Å². The van der Waals surface area contributed by atoms with Crippen LogP contribution < -0.4 is 4.74 Å². The van der Waals surface area contributed by atoms with Gasteiger partial charge < -0.3 is 9.84 Å². The number of halogens is 3. The predicted octanol–water partition coefficient (Wildman–Crippen LogP) is 3.80. The van der Waals surface area contributed by atoms with Gasteiger partial charge >= 0.3 is 12.1 Å². The summed E-state index contributed by atoms with van der Waals surface area (Å²) >= 11 is 0. The second-order valence-electron chi connectivity index (χ2n) is 6.77. The standard InChI is InChI=1S/C18H22F3NO3/c19-18(20,21)14-5-1-2-6-16(14)25-10-4-3-9-22-12-7-8-15(22)13(11-12)17(23)24/h1-2,5-6,12-13,15H,3-4,7-11H2,(H,23,24). The van der Waals surface area contributed by atoms with Crippen LogP contribution in [0.1, 0.15) is 37.7 Å². The van der Waals surface area contributed by atoms with E-state index in [1.165, 1.54) is 18.2 Å². The van der Waals surface area contributed by atoms with Gasteiger partial charge in [-0.1, -0.05) is 12.1 Å². The molecule has 2 heterocycles. The Morgan fingerprint density at radius 1 is 1.24 bits per heavy atom. The summed E-state index contributed by atoms with van der Waals surface area (Å²) in [6, 6.07) is 5.69. The zero-order valence-electron chi connectivity index (χ0n) is 13.8. The average molecular weight is 357 g/mol. The second kappa shape index (κ2) is 7.23. The second-order valence-corrected chi connectivity index (χ2v) is 6.77. The third-order valence-electron chi connectivity index (χ3n) is 5.26. The molecule has 25 heavy (non-hydrogen) atoms. The number of hydrogen-bond donors (Lipinski definition) is 1. The Labute approximate surface area is 144 Å². The minimum absolute atomic E-state index is 0.120. The summed E-state index contributed by atoms with van der Waals surface area (Å²) in [5.41, 5.74) is -0.753. The van der Waals surface area contributed by atoms with Gasteiger partial charge in [-0.15, -0.1) is 0 Å². The van der Waals surface area contributed by atoms with E-state index < -0.39 is 17.7 Å². The molecule has 1 aromatic rings. The Morgan fingerprint density at radius 2 is 2.00 bits per heavy atom. The van der Waals surface area contributed by atoms with Crippen molar-refractivity contribution in [1.82, 2.24) is 4.90 Å². The first-order chi connectivity index (χ1) is 11.9. The van der Waals surface area contributed by atoms with Gasteiger partial charge in [0, 0.05) is 12.1 Å². The lowest BCUT2D eigenvalue weighted by Crippen LogP contribution is -2.33. The van der Waals surface area contributed by atoms with E-state index in [0.717, 1.165) is 38.3 Å². The van der Waals surface area contributed by atoms with Crippen molar-refractivity contribution in [2.24, 2.45) is 5.92 Å². The lowest BCUT2D eigenvalue weighted by Gasteiger charge is -2.22. The highest BCUT2D eigenvalue weighted by atomic mass is 19.4. The molecule has 0 spiro atoms. The minimum Gasteiger partial charge on any atom is -0.493 e. The first kappa shape index (κ1) is 18.0. The molecule has 0 radical (unpaired) electrons. The predicted molar refractivity (Wildman–Crippen MR) is 85.4 cm³/mol. The molecule has 2 saturated heterocycles. The summed E-state index contributed by atoms with van der Waals surface area (Å²) < 4.78 is 44.0. The fraction of sp³-hybridized carbons (Fsp3) is 0.611.